The van der Waals surface area contributed by atoms with E-state index in [0.29, 0.717) is 11.4 Å². The van der Waals surface area contributed by atoms with Gasteiger partial charge in [0, 0.05) is 19.1 Å². The van der Waals surface area contributed by atoms with Crippen molar-refractivity contribution in [3.63, 3.8) is 0 Å². The number of nitrogens with two attached hydrogens (primary N) is 1. The van der Waals surface area contributed by atoms with E-state index in [1.54, 1.807) is 6.92 Å². The Labute approximate surface area is 113 Å². The summed E-state index contributed by atoms with van der Waals surface area (Å²) in [5.74, 6) is 0. The molecule has 2 rings (SSSR count). The van der Waals surface area contributed by atoms with E-state index in [2.05, 4.69) is 19.8 Å². The average molecular weight is 287 g/mol. The summed E-state index contributed by atoms with van der Waals surface area (Å²) in [6.07, 6.45) is 1.86. The van der Waals surface area contributed by atoms with Gasteiger partial charge in [-0.15, -0.1) is 0 Å². The van der Waals surface area contributed by atoms with Crippen LogP contribution in [0, 0.1) is 6.92 Å². The lowest BCUT2D eigenvalue weighted by Crippen LogP contribution is -2.46. The first-order chi connectivity index (χ1) is 8.94. The number of aromatic amines is 1. The molecule has 4 N–H and O–H groups in total. The van der Waals surface area contributed by atoms with Crippen molar-refractivity contribution in [3.8, 4) is 0 Å². The highest BCUT2D eigenvalue weighted by Crippen LogP contribution is 2.19. The number of sulfonamides is 1. The maximum Gasteiger partial charge on any atom is 0.244 e. The molecule has 1 aliphatic rings. The fraction of sp³-hybridized carbons (Fsp3) is 0.727. The maximum absolute atomic E-state index is 12.4. The van der Waals surface area contributed by atoms with E-state index >= 15 is 0 Å². The quantitative estimate of drug-likeness (QED) is 0.696. The van der Waals surface area contributed by atoms with Crippen LogP contribution in [0.2, 0.25) is 0 Å². The number of rotatable bonds is 4. The second kappa shape index (κ2) is 5.58. The second-order valence-electron chi connectivity index (χ2n) is 5.05. The average Bonchev–Trinajstić information content (AvgIpc) is 2.70. The summed E-state index contributed by atoms with van der Waals surface area (Å²) in [7, 11) is -1.57. The van der Waals surface area contributed by atoms with Gasteiger partial charge in [0.05, 0.1) is 11.4 Å². The zero-order valence-electron chi connectivity index (χ0n) is 11.3. The van der Waals surface area contributed by atoms with E-state index in [-0.39, 0.29) is 17.5 Å². The molecule has 1 fully saturated rings. The lowest BCUT2D eigenvalue weighted by molar-refractivity contribution is 0.242. The first-order valence-electron chi connectivity index (χ1n) is 6.39. The topological polar surface area (TPSA) is 104 Å². The molecular formula is C11H21N5O2S. The van der Waals surface area contributed by atoms with Gasteiger partial charge in [0.25, 0.3) is 0 Å². The Bertz CT molecular complexity index is 539. The summed E-state index contributed by atoms with van der Waals surface area (Å²) < 4.78 is 27.6. The molecule has 0 aliphatic carbocycles. The molecular weight excluding hydrogens is 266 g/mol. The smallest absolute Gasteiger partial charge is 0.244 e. The Hall–Kier alpha value is -0.960. The summed E-state index contributed by atoms with van der Waals surface area (Å²) in [5, 5.41) is 6.61. The highest BCUT2D eigenvalue weighted by Gasteiger charge is 2.28. The molecule has 1 aliphatic heterocycles. The third-order valence-electron chi connectivity index (χ3n) is 3.37. The molecule has 108 valence electrons. The first kappa shape index (κ1) is 14.4. The van der Waals surface area contributed by atoms with Gasteiger partial charge in [-0.3, -0.25) is 5.10 Å². The highest BCUT2D eigenvalue weighted by atomic mass is 32.2. The molecule has 0 bridgehead atoms. The van der Waals surface area contributed by atoms with E-state index in [0.717, 1.165) is 25.9 Å². The van der Waals surface area contributed by atoms with Crippen molar-refractivity contribution in [1.29, 1.82) is 0 Å². The lowest BCUT2D eigenvalue weighted by Gasteiger charge is -2.30. The fourth-order valence-electron chi connectivity index (χ4n) is 2.51. The molecule has 19 heavy (non-hydrogen) atoms. The largest absolute Gasteiger partial charge is 0.325 e. The number of H-pyrrole nitrogens is 1. The predicted molar refractivity (Wildman–Crippen MR) is 72.1 cm³/mol. The van der Waals surface area contributed by atoms with Gasteiger partial charge < -0.3 is 10.6 Å². The zero-order chi connectivity index (χ0) is 14.0. The Morgan fingerprint density at radius 3 is 2.95 bits per heavy atom. The van der Waals surface area contributed by atoms with E-state index in [4.69, 9.17) is 5.73 Å². The molecule has 1 unspecified atom stereocenters. The zero-order valence-corrected chi connectivity index (χ0v) is 12.1. The van der Waals surface area contributed by atoms with Crippen LogP contribution in [0.4, 0.5) is 0 Å². The number of likely N-dealkylation sites (N-methyl/N-ethyl adjacent to an activating group) is 1. The summed E-state index contributed by atoms with van der Waals surface area (Å²) in [6.45, 7) is 3.53. The van der Waals surface area contributed by atoms with Crippen molar-refractivity contribution < 1.29 is 8.42 Å². The molecule has 7 nitrogen and oxygen atoms in total. The van der Waals surface area contributed by atoms with Crippen LogP contribution in [0.25, 0.3) is 0 Å². The minimum Gasteiger partial charge on any atom is -0.325 e. The SMILES string of the molecule is Cc1[nH]nc(CN)c1S(=O)(=O)NC1CCCN(C)C1. The van der Waals surface area contributed by atoms with Crippen molar-refractivity contribution in [2.45, 2.75) is 37.2 Å². The molecule has 8 heteroatoms. The van der Waals surface area contributed by atoms with Crippen molar-refractivity contribution in [1.82, 2.24) is 19.8 Å². The number of piperidine rings is 1. The van der Waals surface area contributed by atoms with Crippen LogP contribution in [0.15, 0.2) is 4.90 Å². The Kier molecular flexibility index (Phi) is 4.24. The molecule has 2 heterocycles. The summed E-state index contributed by atoms with van der Waals surface area (Å²) in [6, 6.07) is -0.0522. The standard InChI is InChI=1S/C11H21N5O2S/c1-8-11(10(6-12)14-13-8)19(17,18)15-9-4-3-5-16(2)7-9/h9,15H,3-7,12H2,1-2H3,(H,13,14). The maximum atomic E-state index is 12.4. The molecule has 0 spiro atoms. The van der Waals surface area contributed by atoms with Crippen molar-refractivity contribution in [2.24, 2.45) is 5.73 Å². The number of likely N-dealkylation sites (tertiary alicyclic amines) is 1. The third kappa shape index (κ3) is 3.14. The van der Waals surface area contributed by atoms with Gasteiger partial charge in [0.1, 0.15) is 4.90 Å². The van der Waals surface area contributed by atoms with Gasteiger partial charge in [0.2, 0.25) is 10.0 Å². The monoisotopic (exact) mass is 287 g/mol. The van der Waals surface area contributed by atoms with Gasteiger partial charge in [-0.2, -0.15) is 5.10 Å². The normalized spacial score (nSPS) is 21.7. The lowest BCUT2D eigenvalue weighted by atomic mass is 10.1. The van der Waals surface area contributed by atoms with E-state index in [1.165, 1.54) is 0 Å². The van der Waals surface area contributed by atoms with Crippen LogP contribution in [0.3, 0.4) is 0 Å². The molecule has 1 atom stereocenters. The Balaban J connectivity index is 2.20. The van der Waals surface area contributed by atoms with Gasteiger partial charge in [-0.05, 0) is 33.4 Å². The van der Waals surface area contributed by atoms with Crippen LogP contribution in [0.5, 0.6) is 0 Å². The molecule has 0 amide bonds. The van der Waals surface area contributed by atoms with Crippen LogP contribution >= 0.6 is 0 Å². The van der Waals surface area contributed by atoms with Crippen LogP contribution in [-0.4, -0.2) is 49.7 Å². The minimum absolute atomic E-state index is 0.0522. The molecule has 1 saturated heterocycles. The summed E-state index contributed by atoms with van der Waals surface area (Å²) in [4.78, 5) is 2.33. The predicted octanol–water partition coefficient (Wildman–Crippen LogP) is -0.451. The number of aromatic nitrogens is 2. The van der Waals surface area contributed by atoms with Crippen LogP contribution < -0.4 is 10.5 Å². The number of aryl methyl sites for hydroxylation is 1. The van der Waals surface area contributed by atoms with Crippen LogP contribution in [-0.2, 0) is 16.6 Å². The summed E-state index contributed by atoms with van der Waals surface area (Å²) >= 11 is 0. The van der Waals surface area contributed by atoms with Gasteiger partial charge in [0.15, 0.2) is 0 Å². The highest BCUT2D eigenvalue weighted by molar-refractivity contribution is 7.89. The number of hydrogen-bond acceptors (Lipinski definition) is 5. The molecule has 1 aromatic heterocycles. The number of hydrogen-bond donors (Lipinski definition) is 3. The van der Waals surface area contributed by atoms with Crippen molar-refractivity contribution in [3.05, 3.63) is 11.4 Å². The minimum atomic E-state index is -3.56. The fourth-order valence-corrected chi connectivity index (χ4v) is 4.14. The number of nitrogens with zero attached hydrogens (tertiary/aromatic N) is 2. The second-order valence-corrected chi connectivity index (χ2v) is 6.70. The van der Waals surface area contributed by atoms with Crippen molar-refractivity contribution >= 4 is 10.0 Å². The molecule has 0 saturated carbocycles. The molecule has 0 radical (unpaired) electrons. The first-order valence-corrected chi connectivity index (χ1v) is 7.87. The summed E-state index contributed by atoms with van der Waals surface area (Å²) in [5.41, 5.74) is 6.44. The van der Waals surface area contributed by atoms with E-state index < -0.39 is 10.0 Å². The van der Waals surface area contributed by atoms with Crippen LogP contribution in [0.1, 0.15) is 24.2 Å². The Morgan fingerprint density at radius 2 is 2.32 bits per heavy atom. The van der Waals surface area contributed by atoms with Gasteiger partial charge >= 0.3 is 0 Å². The third-order valence-corrected chi connectivity index (χ3v) is 5.09. The molecule has 1 aromatic rings. The Morgan fingerprint density at radius 1 is 1.58 bits per heavy atom. The number of nitrogens with one attached hydrogen (secondary N) is 2. The van der Waals surface area contributed by atoms with E-state index in [1.807, 2.05) is 7.05 Å². The van der Waals surface area contributed by atoms with E-state index in [9.17, 15) is 8.42 Å². The molecule has 0 aromatic carbocycles. The van der Waals surface area contributed by atoms with Gasteiger partial charge in [-0.25, -0.2) is 13.1 Å². The van der Waals surface area contributed by atoms with Crippen molar-refractivity contribution in [2.75, 3.05) is 20.1 Å². The van der Waals surface area contributed by atoms with Gasteiger partial charge in [-0.1, -0.05) is 0 Å².